The van der Waals surface area contributed by atoms with Crippen molar-refractivity contribution < 1.29 is 14.6 Å². The zero-order chi connectivity index (χ0) is 21.8. The third kappa shape index (κ3) is 4.40. The molecule has 156 valence electrons. The number of nitrogens with one attached hydrogen (secondary N) is 1. The first-order chi connectivity index (χ1) is 15.0. The van der Waals surface area contributed by atoms with E-state index in [0.717, 1.165) is 5.56 Å². The van der Waals surface area contributed by atoms with Gasteiger partial charge in [0.25, 0.3) is 11.5 Å². The average molecular weight is 415 g/mol. The molecule has 0 aliphatic rings. The Morgan fingerprint density at radius 1 is 1.10 bits per heavy atom. The van der Waals surface area contributed by atoms with E-state index in [4.69, 9.17) is 4.74 Å². The summed E-state index contributed by atoms with van der Waals surface area (Å²) in [6.45, 7) is 0.451. The molecule has 1 amide bonds. The van der Waals surface area contributed by atoms with Gasteiger partial charge >= 0.3 is 0 Å². The summed E-state index contributed by atoms with van der Waals surface area (Å²) < 4.78 is 6.67. The zero-order valence-electron chi connectivity index (χ0n) is 16.9. The van der Waals surface area contributed by atoms with Crippen LogP contribution in [0.3, 0.4) is 0 Å². The molecular formula is C24H21N3O4. The highest BCUT2D eigenvalue weighted by Gasteiger charge is 2.11. The average Bonchev–Trinajstić information content (AvgIpc) is 2.80. The highest BCUT2D eigenvalue weighted by atomic mass is 16.5. The molecule has 31 heavy (non-hydrogen) atoms. The zero-order valence-corrected chi connectivity index (χ0v) is 16.9. The molecule has 7 heteroatoms. The predicted molar refractivity (Wildman–Crippen MR) is 118 cm³/mol. The lowest BCUT2D eigenvalue weighted by Gasteiger charge is -2.09. The van der Waals surface area contributed by atoms with Crippen LogP contribution in [-0.4, -0.2) is 34.2 Å². The number of phenols is 1. The van der Waals surface area contributed by atoms with E-state index in [1.807, 2.05) is 12.1 Å². The number of aromatic nitrogens is 2. The van der Waals surface area contributed by atoms with Crippen LogP contribution in [0.15, 0.2) is 77.9 Å². The highest BCUT2D eigenvalue weighted by Crippen LogP contribution is 2.17. The van der Waals surface area contributed by atoms with E-state index in [2.05, 4.69) is 10.3 Å². The molecule has 2 N–H and O–H groups in total. The van der Waals surface area contributed by atoms with Crippen LogP contribution >= 0.6 is 0 Å². The molecule has 3 aromatic carbocycles. The standard InChI is InChI=1S/C24H21N3O4/c1-31-20-4-2-3-18(14-20)27-15-26-22-13-17(7-10-21(22)24(27)30)23(29)25-12-11-16-5-8-19(28)9-6-16/h2-10,13-15,28H,11-12H2,1H3,(H,25,29). The van der Waals surface area contributed by atoms with Crippen LogP contribution in [0.5, 0.6) is 11.5 Å². The van der Waals surface area contributed by atoms with E-state index in [0.29, 0.717) is 40.9 Å². The predicted octanol–water partition coefficient (Wildman–Crippen LogP) is 3.07. The third-order valence-electron chi connectivity index (χ3n) is 4.99. The molecule has 0 spiro atoms. The van der Waals surface area contributed by atoms with E-state index in [-0.39, 0.29) is 17.2 Å². The van der Waals surface area contributed by atoms with E-state index in [1.54, 1.807) is 61.7 Å². The molecule has 0 radical (unpaired) electrons. The number of rotatable bonds is 6. The first kappa shape index (κ1) is 20.2. The number of hydrogen-bond donors (Lipinski definition) is 2. The van der Waals surface area contributed by atoms with Gasteiger partial charge in [-0.1, -0.05) is 18.2 Å². The molecule has 0 aliphatic carbocycles. The Hall–Kier alpha value is -4.13. The number of fused-ring (bicyclic) bond motifs is 1. The lowest BCUT2D eigenvalue weighted by Crippen LogP contribution is -2.26. The minimum absolute atomic E-state index is 0.210. The van der Waals surface area contributed by atoms with Gasteiger partial charge < -0.3 is 15.2 Å². The Balaban J connectivity index is 1.52. The van der Waals surface area contributed by atoms with Crippen molar-refractivity contribution >= 4 is 16.8 Å². The van der Waals surface area contributed by atoms with Crippen molar-refractivity contribution in [3.05, 3.63) is 94.5 Å². The summed E-state index contributed by atoms with van der Waals surface area (Å²) >= 11 is 0. The summed E-state index contributed by atoms with van der Waals surface area (Å²) in [5, 5.41) is 12.6. The van der Waals surface area contributed by atoms with E-state index >= 15 is 0 Å². The van der Waals surface area contributed by atoms with Gasteiger partial charge in [-0.05, 0) is 54.4 Å². The maximum absolute atomic E-state index is 12.9. The van der Waals surface area contributed by atoms with E-state index < -0.39 is 0 Å². The molecule has 0 unspecified atom stereocenters. The van der Waals surface area contributed by atoms with Crippen molar-refractivity contribution in [3.8, 4) is 17.2 Å². The van der Waals surface area contributed by atoms with Crippen molar-refractivity contribution in [1.82, 2.24) is 14.9 Å². The van der Waals surface area contributed by atoms with E-state index in [1.165, 1.54) is 10.9 Å². The van der Waals surface area contributed by atoms with Gasteiger partial charge in [0.1, 0.15) is 17.8 Å². The largest absolute Gasteiger partial charge is 0.508 e. The maximum atomic E-state index is 12.9. The van der Waals surface area contributed by atoms with Gasteiger partial charge in [0.2, 0.25) is 0 Å². The smallest absolute Gasteiger partial charge is 0.265 e. The lowest BCUT2D eigenvalue weighted by atomic mass is 10.1. The fourth-order valence-electron chi connectivity index (χ4n) is 3.29. The number of benzene rings is 3. The van der Waals surface area contributed by atoms with Crippen molar-refractivity contribution in [1.29, 1.82) is 0 Å². The Kier molecular flexibility index (Phi) is 5.66. The molecule has 1 heterocycles. The second-order valence-corrected chi connectivity index (χ2v) is 7.03. The van der Waals surface area contributed by atoms with Crippen molar-refractivity contribution in [2.24, 2.45) is 0 Å². The minimum atomic E-state index is -0.237. The summed E-state index contributed by atoms with van der Waals surface area (Å²) in [5.41, 5.74) is 2.32. The number of nitrogens with zero attached hydrogens (tertiary/aromatic N) is 2. The second-order valence-electron chi connectivity index (χ2n) is 7.03. The van der Waals surface area contributed by atoms with Gasteiger partial charge in [-0.3, -0.25) is 14.2 Å². The molecule has 0 saturated heterocycles. The lowest BCUT2D eigenvalue weighted by molar-refractivity contribution is 0.0954. The second kappa shape index (κ2) is 8.71. The molecule has 0 atom stereocenters. The molecular weight excluding hydrogens is 394 g/mol. The fourth-order valence-corrected chi connectivity index (χ4v) is 3.29. The maximum Gasteiger partial charge on any atom is 0.265 e. The first-order valence-corrected chi connectivity index (χ1v) is 9.77. The summed E-state index contributed by atoms with van der Waals surface area (Å²) in [4.78, 5) is 29.8. The van der Waals surface area contributed by atoms with Crippen LogP contribution in [0.1, 0.15) is 15.9 Å². The van der Waals surface area contributed by atoms with Crippen LogP contribution in [0, 0.1) is 0 Å². The van der Waals surface area contributed by atoms with Crippen LogP contribution in [0.4, 0.5) is 0 Å². The van der Waals surface area contributed by atoms with Gasteiger partial charge in [0.15, 0.2) is 0 Å². The van der Waals surface area contributed by atoms with Crippen molar-refractivity contribution in [3.63, 3.8) is 0 Å². The summed E-state index contributed by atoms with van der Waals surface area (Å²) in [6.07, 6.45) is 2.09. The molecule has 0 saturated carbocycles. The summed E-state index contributed by atoms with van der Waals surface area (Å²) in [5.74, 6) is 0.616. The normalized spacial score (nSPS) is 10.7. The Morgan fingerprint density at radius 2 is 1.90 bits per heavy atom. The topological polar surface area (TPSA) is 93.5 Å². The Morgan fingerprint density at radius 3 is 2.68 bits per heavy atom. The molecule has 7 nitrogen and oxygen atoms in total. The summed E-state index contributed by atoms with van der Waals surface area (Å²) in [7, 11) is 1.57. The number of amides is 1. The van der Waals surface area contributed by atoms with Crippen LogP contribution in [0.2, 0.25) is 0 Å². The SMILES string of the molecule is COc1cccc(-n2cnc3cc(C(=O)NCCc4ccc(O)cc4)ccc3c2=O)c1. The molecule has 0 aliphatic heterocycles. The third-order valence-corrected chi connectivity index (χ3v) is 4.99. The van der Waals surface area contributed by atoms with Gasteiger partial charge in [0, 0.05) is 18.2 Å². The van der Waals surface area contributed by atoms with Crippen molar-refractivity contribution in [2.45, 2.75) is 6.42 Å². The number of aromatic hydroxyl groups is 1. The number of carbonyl (C=O) groups is 1. The Labute approximate surface area is 178 Å². The van der Waals surface area contributed by atoms with Gasteiger partial charge in [-0.15, -0.1) is 0 Å². The van der Waals surface area contributed by atoms with Gasteiger partial charge in [0.05, 0.1) is 23.7 Å². The van der Waals surface area contributed by atoms with Crippen LogP contribution < -0.4 is 15.6 Å². The quantitative estimate of drug-likeness (QED) is 0.505. The van der Waals surface area contributed by atoms with Crippen molar-refractivity contribution in [2.75, 3.05) is 13.7 Å². The fraction of sp³-hybridized carbons (Fsp3) is 0.125. The number of ether oxygens (including phenoxy) is 1. The molecule has 4 rings (SSSR count). The highest BCUT2D eigenvalue weighted by molar-refractivity contribution is 5.97. The number of phenolic OH excluding ortho intramolecular Hbond substituents is 1. The number of methoxy groups -OCH3 is 1. The molecule has 0 bridgehead atoms. The van der Waals surface area contributed by atoms with Gasteiger partial charge in [-0.25, -0.2) is 4.98 Å². The van der Waals surface area contributed by atoms with Crippen LogP contribution in [-0.2, 0) is 6.42 Å². The van der Waals surface area contributed by atoms with Gasteiger partial charge in [-0.2, -0.15) is 0 Å². The van der Waals surface area contributed by atoms with E-state index in [9.17, 15) is 14.7 Å². The molecule has 0 fully saturated rings. The van der Waals surface area contributed by atoms with Crippen LogP contribution in [0.25, 0.3) is 16.6 Å². The minimum Gasteiger partial charge on any atom is -0.508 e. The molecule has 4 aromatic rings. The number of carbonyl (C=O) groups excluding carboxylic acids is 1. The first-order valence-electron chi connectivity index (χ1n) is 9.77. The summed E-state index contributed by atoms with van der Waals surface area (Å²) in [6, 6.07) is 18.9. The number of hydrogen-bond acceptors (Lipinski definition) is 5. The molecule has 1 aromatic heterocycles. The monoisotopic (exact) mass is 415 g/mol. The Bertz CT molecular complexity index is 1300.